The molecule has 1 N–H and O–H groups in total. The smallest absolute Gasteiger partial charge is 0.240 e. The molecule has 1 aromatic carbocycles. The number of nitrogens with zero attached hydrogens (tertiary/aromatic N) is 1. The summed E-state index contributed by atoms with van der Waals surface area (Å²) in [5, 5.41) is 0.736. The van der Waals surface area contributed by atoms with Crippen molar-refractivity contribution in [2.24, 2.45) is 5.92 Å². The fourth-order valence-corrected chi connectivity index (χ4v) is 4.36. The second-order valence-corrected chi connectivity index (χ2v) is 8.34. The Kier molecular flexibility index (Phi) is 4.69. The highest BCUT2D eigenvalue weighted by atomic mass is 79.9. The Labute approximate surface area is 135 Å². The maximum Gasteiger partial charge on any atom is 0.240 e. The van der Waals surface area contributed by atoms with E-state index in [2.05, 4.69) is 25.6 Å². The van der Waals surface area contributed by atoms with Gasteiger partial charge in [-0.25, -0.2) is 13.1 Å². The largest absolute Gasteiger partial charge is 0.300 e. The first-order valence-corrected chi connectivity index (χ1v) is 10.1. The van der Waals surface area contributed by atoms with Gasteiger partial charge in [0.2, 0.25) is 10.0 Å². The molecular weight excluding hydrogens is 352 g/mol. The van der Waals surface area contributed by atoms with E-state index in [4.69, 9.17) is 0 Å². The third-order valence-electron chi connectivity index (χ3n) is 4.33. The summed E-state index contributed by atoms with van der Waals surface area (Å²) in [6, 6.07) is 7.80. The fraction of sp³-hybridized carbons (Fsp3) is 0.600. The number of halogens is 1. The van der Waals surface area contributed by atoms with Crippen molar-refractivity contribution in [3.8, 4) is 0 Å². The Morgan fingerprint density at radius 1 is 1.19 bits per heavy atom. The zero-order valence-electron chi connectivity index (χ0n) is 12.0. The lowest BCUT2D eigenvalue weighted by atomic mass is 10.1. The average Bonchev–Trinajstić information content (AvgIpc) is 3.24. The number of alkyl halides is 1. The van der Waals surface area contributed by atoms with Gasteiger partial charge in [-0.15, -0.1) is 0 Å². The molecule has 1 atom stereocenters. The predicted octanol–water partition coefficient (Wildman–Crippen LogP) is 2.34. The van der Waals surface area contributed by atoms with Crippen molar-refractivity contribution >= 4 is 26.0 Å². The first-order chi connectivity index (χ1) is 10.1. The van der Waals surface area contributed by atoms with Crippen molar-refractivity contribution in [3.05, 3.63) is 29.8 Å². The van der Waals surface area contributed by atoms with E-state index in [1.165, 1.54) is 12.8 Å². The molecule has 1 aliphatic carbocycles. The van der Waals surface area contributed by atoms with Gasteiger partial charge in [0.25, 0.3) is 0 Å². The summed E-state index contributed by atoms with van der Waals surface area (Å²) in [5.74, 6) is 0.446. The molecule has 21 heavy (non-hydrogen) atoms. The van der Waals surface area contributed by atoms with Crippen LogP contribution in [0.2, 0.25) is 0 Å². The molecule has 0 bridgehead atoms. The van der Waals surface area contributed by atoms with Crippen LogP contribution in [-0.2, 0) is 15.4 Å². The summed E-state index contributed by atoms with van der Waals surface area (Å²) in [7, 11) is -3.38. The highest BCUT2D eigenvalue weighted by molar-refractivity contribution is 9.08. The fourth-order valence-electron chi connectivity index (χ4n) is 2.87. The maximum atomic E-state index is 12.3. The highest BCUT2D eigenvalue weighted by Crippen LogP contribution is 2.31. The van der Waals surface area contributed by atoms with Crippen molar-refractivity contribution in [3.63, 3.8) is 0 Å². The zero-order chi connectivity index (χ0) is 14.9. The molecule has 6 heteroatoms. The van der Waals surface area contributed by atoms with Gasteiger partial charge < -0.3 is 4.90 Å². The molecule has 1 aromatic rings. The number of hydrogen-bond donors (Lipinski definition) is 1. The number of sulfonamides is 1. The van der Waals surface area contributed by atoms with Crippen LogP contribution in [-0.4, -0.2) is 39.0 Å². The molecule has 0 amide bonds. The molecule has 1 heterocycles. The van der Waals surface area contributed by atoms with E-state index in [0.29, 0.717) is 17.4 Å². The van der Waals surface area contributed by atoms with Crippen LogP contribution in [0.5, 0.6) is 0 Å². The van der Waals surface area contributed by atoms with E-state index in [9.17, 15) is 8.42 Å². The SMILES string of the molecule is O=S(=O)(NCC1CCN(C2CC2)C1)c1ccc(CBr)cc1. The van der Waals surface area contributed by atoms with Crippen molar-refractivity contribution < 1.29 is 8.42 Å². The molecule has 1 aliphatic heterocycles. The van der Waals surface area contributed by atoms with E-state index in [-0.39, 0.29) is 0 Å². The third-order valence-corrected chi connectivity index (χ3v) is 6.42. The molecule has 0 spiro atoms. The van der Waals surface area contributed by atoms with Gasteiger partial charge in [0.05, 0.1) is 4.90 Å². The van der Waals surface area contributed by atoms with Gasteiger partial charge in [-0.05, 0) is 49.4 Å². The summed E-state index contributed by atoms with van der Waals surface area (Å²) in [6.07, 6.45) is 3.73. The monoisotopic (exact) mass is 372 g/mol. The van der Waals surface area contributed by atoms with Crippen LogP contribution in [0, 0.1) is 5.92 Å². The van der Waals surface area contributed by atoms with Crippen LogP contribution in [0.1, 0.15) is 24.8 Å². The molecule has 3 rings (SSSR count). The van der Waals surface area contributed by atoms with Gasteiger partial charge in [0, 0.05) is 24.5 Å². The maximum absolute atomic E-state index is 12.3. The minimum atomic E-state index is -3.38. The summed E-state index contributed by atoms with van der Waals surface area (Å²) >= 11 is 3.36. The lowest BCUT2D eigenvalue weighted by Crippen LogP contribution is -2.31. The van der Waals surface area contributed by atoms with Crippen LogP contribution >= 0.6 is 15.9 Å². The van der Waals surface area contributed by atoms with Crippen LogP contribution in [0.4, 0.5) is 0 Å². The second kappa shape index (κ2) is 6.36. The zero-order valence-corrected chi connectivity index (χ0v) is 14.4. The van der Waals surface area contributed by atoms with E-state index in [0.717, 1.165) is 36.4 Å². The molecule has 0 aromatic heterocycles. The molecule has 1 saturated carbocycles. The number of nitrogens with one attached hydrogen (secondary N) is 1. The van der Waals surface area contributed by atoms with Gasteiger partial charge in [0.15, 0.2) is 0 Å². The summed E-state index contributed by atoms with van der Waals surface area (Å²) < 4.78 is 27.3. The molecule has 4 nitrogen and oxygen atoms in total. The molecule has 2 aliphatic rings. The number of benzene rings is 1. The Bertz CT molecular complexity index is 584. The molecule has 0 radical (unpaired) electrons. The normalized spacial score (nSPS) is 23.6. The molecule has 1 saturated heterocycles. The minimum absolute atomic E-state index is 0.351. The predicted molar refractivity (Wildman–Crippen MR) is 87.0 cm³/mol. The number of rotatable bonds is 6. The average molecular weight is 373 g/mol. The van der Waals surface area contributed by atoms with E-state index in [1.54, 1.807) is 12.1 Å². The van der Waals surface area contributed by atoms with Gasteiger partial charge in [-0.2, -0.15) is 0 Å². The lowest BCUT2D eigenvalue weighted by Gasteiger charge is -2.15. The summed E-state index contributed by atoms with van der Waals surface area (Å²) in [5.41, 5.74) is 1.07. The molecule has 2 fully saturated rings. The lowest BCUT2D eigenvalue weighted by molar-refractivity contribution is 0.314. The van der Waals surface area contributed by atoms with Gasteiger partial charge in [-0.1, -0.05) is 28.1 Å². The topological polar surface area (TPSA) is 49.4 Å². The molecular formula is C15H21BrN2O2S. The highest BCUT2D eigenvalue weighted by Gasteiger charge is 2.34. The van der Waals surface area contributed by atoms with Crippen LogP contribution in [0.15, 0.2) is 29.2 Å². The van der Waals surface area contributed by atoms with Crippen LogP contribution < -0.4 is 4.72 Å². The number of hydrogen-bond acceptors (Lipinski definition) is 3. The van der Waals surface area contributed by atoms with E-state index >= 15 is 0 Å². The number of likely N-dealkylation sites (tertiary alicyclic amines) is 1. The Hall–Kier alpha value is -0.430. The first kappa shape index (κ1) is 15.5. The van der Waals surface area contributed by atoms with Crippen molar-refractivity contribution in [1.29, 1.82) is 0 Å². The summed E-state index contributed by atoms with van der Waals surface area (Å²) in [4.78, 5) is 2.85. The Morgan fingerprint density at radius 2 is 1.90 bits per heavy atom. The summed E-state index contributed by atoms with van der Waals surface area (Å²) in [6.45, 7) is 2.71. The molecule has 1 unspecified atom stereocenters. The Balaban J connectivity index is 1.55. The molecule has 116 valence electrons. The quantitative estimate of drug-likeness (QED) is 0.779. The van der Waals surface area contributed by atoms with Gasteiger partial charge >= 0.3 is 0 Å². The van der Waals surface area contributed by atoms with Crippen LogP contribution in [0.25, 0.3) is 0 Å². The second-order valence-electron chi connectivity index (χ2n) is 6.01. The standard InChI is InChI=1S/C15H21BrN2O2S/c16-9-12-1-5-15(6-2-12)21(19,20)17-10-13-7-8-18(11-13)14-3-4-14/h1-2,5-6,13-14,17H,3-4,7-11H2. The van der Waals surface area contributed by atoms with Gasteiger partial charge in [0.1, 0.15) is 0 Å². The van der Waals surface area contributed by atoms with Gasteiger partial charge in [-0.3, -0.25) is 0 Å². The van der Waals surface area contributed by atoms with E-state index < -0.39 is 10.0 Å². The van der Waals surface area contributed by atoms with Crippen LogP contribution in [0.3, 0.4) is 0 Å². The third kappa shape index (κ3) is 3.86. The van der Waals surface area contributed by atoms with E-state index in [1.807, 2.05) is 12.1 Å². The van der Waals surface area contributed by atoms with Crippen molar-refractivity contribution in [2.75, 3.05) is 19.6 Å². The van der Waals surface area contributed by atoms with Crippen molar-refractivity contribution in [2.45, 2.75) is 35.5 Å². The first-order valence-electron chi connectivity index (χ1n) is 7.47. The van der Waals surface area contributed by atoms with Crippen molar-refractivity contribution in [1.82, 2.24) is 9.62 Å². The minimum Gasteiger partial charge on any atom is -0.300 e. The Morgan fingerprint density at radius 3 is 2.52 bits per heavy atom.